The Bertz CT molecular complexity index is 971. The van der Waals surface area contributed by atoms with Gasteiger partial charge >= 0.3 is 5.97 Å². The standard InChI is InChI=1S/C25H34N4O4/c1-4-25(24(30)31,28-19-8-6-17(7-9-19)23(26)27)18-14-21(32-5-2)16-22(15-18)33-20-10-12-29(3)13-11-20/h6-9,14-16,20,28H,4-5,10-13H2,1-3H3,(H3,26,27)(H,30,31). The first-order valence-electron chi connectivity index (χ1n) is 11.4. The molecule has 1 unspecified atom stereocenters. The van der Waals surface area contributed by atoms with Crippen LogP contribution in [0.1, 0.15) is 44.2 Å². The van der Waals surface area contributed by atoms with Crippen molar-refractivity contribution in [3.05, 3.63) is 53.6 Å². The first kappa shape index (κ1) is 24.4. The predicted molar refractivity (Wildman–Crippen MR) is 129 cm³/mol. The molecule has 2 aromatic rings. The molecule has 1 aliphatic rings. The van der Waals surface area contributed by atoms with E-state index < -0.39 is 11.5 Å². The molecule has 178 valence electrons. The van der Waals surface area contributed by atoms with Crippen LogP contribution in [0, 0.1) is 5.41 Å². The first-order chi connectivity index (χ1) is 15.8. The van der Waals surface area contributed by atoms with Gasteiger partial charge in [0.15, 0.2) is 5.54 Å². The molecule has 1 heterocycles. The van der Waals surface area contributed by atoms with Crippen LogP contribution in [0.3, 0.4) is 0 Å². The van der Waals surface area contributed by atoms with E-state index in [1.807, 2.05) is 19.9 Å². The summed E-state index contributed by atoms with van der Waals surface area (Å²) < 4.78 is 12.0. The number of nitrogens with zero attached hydrogens (tertiary/aromatic N) is 1. The number of carbonyl (C=O) groups is 1. The minimum Gasteiger partial charge on any atom is -0.494 e. The number of aliphatic carboxylic acids is 1. The van der Waals surface area contributed by atoms with Gasteiger partial charge in [0, 0.05) is 30.4 Å². The van der Waals surface area contributed by atoms with E-state index in [1.54, 1.807) is 36.4 Å². The quantitative estimate of drug-likeness (QED) is 0.319. The Balaban J connectivity index is 1.97. The second-order valence-electron chi connectivity index (χ2n) is 8.43. The van der Waals surface area contributed by atoms with Crippen LogP contribution in [-0.4, -0.2) is 54.7 Å². The lowest BCUT2D eigenvalue weighted by molar-refractivity contribution is -0.142. The molecule has 0 radical (unpaired) electrons. The number of amidine groups is 1. The maximum atomic E-state index is 12.6. The van der Waals surface area contributed by atoms with Crippen LogP contribution in [0.4, 0.5) is 5.69 Å². The van der Waals surface area contributed by atoms with Gasteiger partial charge in [0.1, 0.15) is 23.4 Å². The number of nitrogens with two attached hydrogens (primary N) is 1. The van der Waals surface area contributed by atoms with Crippen molar-refractivity contribution in [2.24, 2.45) is 5.73 Å². The number of anilines is 1. The zero-order valence-corrected chi connectivity index (χ0v) is 19.6. The molecular weight excluding hydrogens is 420 g/mol. The Morgan fingerprint density at radius 2 is 1.82 bits per heavy atom. The van der Waals surface area contributed by atoms with Gasteiger partial charge in [-0.05, 0) is 75.2 Å². The normalized spacial score (nSPS) is 16.6. The summed E-state index contributed by atoms with van der Waals surface area (Å²) in [5.74, 6) is 0.144. The summed E-state index contributed by atoms with van der Waals surface area (Å²) >= 11 is 0. The summed E-state index contributed by atoms with van der Waals surface area (Å²) in [7, 11) is 2.10. The summed E-state index contributed by atoms with van der Waals surface area (Å²) in [6.45, 7) is 6.12. The number of likely N-dealkylation sites (tertiary alicyclic amines) is 1. The van der Waals surface area contributed by atoms with Crippen LogP contribution >= 0.6 is 0 Å². The van der Waals surface area contributed by atoms with Crippen LogP contribution < -0.4 is 20.5 Å². The molecule has 33 heavy (non-hydrogen) atoms. The van der Waals surface area contributed by atoms with Crippen molar-refractivity contribution in [1.29, 1.82) is 5.41 Å². The van der Waals surface area contributed by atoms with Gasteiger partial charge in [-0.25, -0.2) is 4.79 Å². The maximum Gasteiger partial charge on any atom is 0.334 e. The number of ether oxygens (including phenoxy) is 2. The van der Waals surface area contributed by atoms with Gasteiger partial charge in [-0.2, -0.15) is 0 Å². The molecule has 0 spiro atoms. The molecule has 8 nitrogen and oxygen atoms in total. The van der Waals surface area contributed by atoms with Crippen molar-refractivity contribution >= 4 is 17.5 Å². The molecule has 5 N–H and O–H groups in total. The van der Waals surface area contributed by atoms with E-state index in [0.29, 0.717) is 41.3 Å². The highest BCUT2D eigenvalue weighted by Crippen LogP contribution is 2.36. The van der Waals surface area contributed by atoms with Crippen molar-refractivity contribution in [3.8, 4) is 11.5 Å². The van der Waals surface area contributed by atoms with E-state index >= 15 is 0 Å². The molecule has 2 aromatic carbocycles. The molecule has 8 heteroatoms. The minimum absolute atomic E-state index is 0.0401. The second-order valence-corrected chi connectivity index (χ2v) is 8.43. The fourth-order valence-corrected chi connectivity index (χ4v) is 4.10. The maximum absolute atomic E-state index is 12.6. The number of rotatable bonds is 10. The topological polar surface area (TPSA) is 121 Å². The summed E-state index contributed by atoms with van der Waals surface area (Å²) in [6, 6.07) is 12.2. The van der Waals surface area contributed by atoms with Crippen LogP contribution in [-0.2, 0) is 10.3 Å². The zero-order valence-electron chi connectivity index (χ0n) is 19.6. The number of piperidine rings is 1. The lowest BCUT2D eigenvalue weighted by Gasteiger charge is -2.33. The Hall–Kier alpha value is -3.26. The minimum atomic E-state index is -1.39. The van der Waals surface area contributed by atoms with Gasteiger partial charge in [0.25, 0.3) is 0 Å². The van der Waals surface area contributed by atoms with Gasteiger partial charge in [0.05, 0.1) is 6.61 Å². The summed E-state index contributed by atoms with van der Waals surface area (Å²) in [5.41, 5.74) is 5.89. The van der Waals surface area contributed by atoms with Crippen molar-refractivity contribution in [2.75, 3.05) is 32.1 Å². The van der Waals surface area contributed by atoms with Gasteiger partial charge in [-0.15, -0.1) is 0 Å². The van der Waals surface area contributed by atoms with Crippen molar-refractivity contribution < 1.29 is 19.4 Å². The van der Waals surface area contributed by atoms with E-state index in [0.717, 1.165) is 25.9 Å². The number of benzene rings is 2. The second kappa shape index (κ2) is 10.6. The molecule has 0 bridgehead atoms. The Labute approximate surface area is 195 Å². The van der Waals surface area contributed by atoms with Crippen LogP contribution in [0.25, 0.3) is 0 Å². The van der Waals surface area contributed by atoms with E-state index in [9.17, 15) is 9.90 Å². The number of nitrogen functional groups attached to an aromatic ring is 1. The third-order valence-corrected chi connectivity index (χ3v) is 6.10. The molecule has 0 amide bonds. The van der Waals surface area contributed by atoms with Crippen LogP contribution in [0.5, 0.6) is 11.5 Å². The summed E-state index contributed by atoms with van der Waals surface area (Å²) in [5, 5.41) is 21.1. The fraction of sp³-hybridized carbons (Fsp3) is 0.440. The monoisotopic (exact) mass is 454 g/mol. The summed E-state index contributed by atoms with van der Waals surface area (Å²) in [4.78, 5) is 14.9. The van der Waals surface area contributed by atoms with E-state index in [4.69, 9.17) is 20.6 Å². The molecule has 0 aromatic heterocycles. The average molecular weight is 455 g/mol. The highest BCUT2D eigenvalue weighted by molar-refractivity contribution is 5.95. The lowest BCUT2D eigenvalue weighted by Crippen LogP contribution is -2.43. The molecule has 0 saturated carbocycles. The van der Waals surface area contributed by atoms with Gasteiger partial charge < -0.3 is 30.5 Å². The highest BCUT2D eigenvalue weighted by atomic mass is 16.5. The Morgan fingerprint density at radius 1 is 1.18 bits per heavy atom. The predicted octanol–water partition coefficient (Wildman–Crippen LogP) is 3.64. The molecular formula is C25H34N4O4. The third kappa shape index (κ3) is 5.76. The van der Waals surface area contributed by atoms with Gasteiger partial charge in [-0.3, -0.25) is 5.41 Å². The van der Waals surface area contributed by atoms with E-state index in [1.165, 1.54) is 0 Å². The van der Waals surface area contributed by atoms with Crippen molar-refractivity contribution in [1.82, 2.24) is 4.90 Å². The van der Waals surface area contributed by atoms with Gasteiger partial charge in [-0.1, -0.05) is 6.92 Å². The molecule has 3 rings (SSSR count). The highest BCUT2D eigenvalue weighted by Gasteiger charge is 2.40. The van der Waals surface area contributed by atoms with Crippen molar-refractivity contribution in [2.45, 2.75) is 44.8 Å². The Morgan fingerprint density at radius 3 is 2.36 bits per heavy atom. The molecule has 1 atom stereocenters. The Kier molecular flexibility index (Phi) is 7.81. The zero-order chi connectivity index (χ0) is 24.0. The number of carboxylic acid groups (broad SMARTS) is 1. The average Bonchev–Trinajstić information content (AvgIpc) is 2.79. The number of hydrogen-bond acceptors (Lipinski definition) is 6. The third-order valence-electron chi connectivity index (χ3n) is 6.10. The first-order valence-corrected chi connectivity index (χ1v) is 11.4. The van der Waals surface area contributed by atoms with Gasteiger partial charge in [0.2, 0.25) is 0 Å². The fourth-order valence-electron chi connectivity index (χ4n) is 4.10. The number of carboxylic acids is 1. The van der Waals surface area contributed by atoms with E-state index in [2.05, 4.69) is 17.3 Å². The van der Waals surface area contributed by atoms with Crippen LogP contribution in [0.2, 0.25) is 0 Å². The van der Waals surface area contributed by atoms with Crippen molar-refractivity contribution in [3.63, 3.8) is 0 Å². The molecule has 1 fully saturated rings. The summed E-state index contributed by atoms with van der Waals surface area (Å²) in [6.07, 6.45) is 2.21. The lowest BCUT2D eigenvalue weighted by atomic mass is 9.86. The molecule has 1 saturated heterocycles. The van der Waals surface area contributed by atoms with Crippen LogP contribution in [0.15, 0.2) is 42.5 Å². The number of nitrogens with one attached hydrogen (secondary N) is 2. The molecule has 0 aliphatic carbocycles. The smallest absolute Gasteiger partial charge is 0.334 e. The largest absolute Gasteiger partial charge is 0.494 e. The molecule has 1 aliphatic heterocycles. The number of hydrogen-bond donors (Lipinski definition) is 4. The van der Waals surface area contributed by atoms with E-state index in [-0.39, 0.29) is 11.9 Å². The SMILES string of the molecule is CCOc1cc(OC2CCN(C)CC2)cc(C(CC)(Nc2ccc(C(=N)N)cc2)C(=O)O)c1.